The van der Waals surface area contributed by atoms with Crippen LogP contribution in [0.1, 0.15) is 38.5 Å². The minimum atomic E-state index is -0.190. The highest BCUT2D eigenvalue weighted by molar-refractivity contribution is 5.90. The number of nitrogens with two attached hydrogens (primary N) is 1. The highest BCUT2D eigenvalue weighted by Crippen LogP contribution is 2.33. The molecule has 1 aliphatic carbocycles. The maximum Gasteiger partial charge on any atom is 0.223 e. The SMILES string of the molecule is NC(=NO)C1CCCCN1C(=O)CC1CC1. The fraction of sp³-hybridized carbons (Fsp3) is 0.818. The maximum atomic E-state index is 12.0. The first kappa shape index (κ1) is 11.2. The Hall–Kier alpha value is -1.26. The van der Waals surface area contributed by atoms with Crippen LogP contribution in [0.2, 0.25) is 0 Å². The topological polar surface area (TPSA) is 78.9 Å². The number of carbonyl (C=O) groups is 1. The molecule has 1 aliphatic heterocycles. The van der Waals surface area contributed by atoms with Crippen molar-refractivity contribution in [1.82, 2.24) is 4.90 Å². The van der Waals surface area contributed by atoms with Gasteiger partial charge in [0.2, 0.25) is 5.91 Å². The molecule has 2 aliphatic rings. The fourth-order valence-electron chi connectivity index (χ4n) is 2.29. The van der Waals surface area contributed by atoms with Gasteiger partial charge in [-0.1, -0.05) is 5.16 Å². The molecule has 1 saturated carbocycles. The predicted octanol–water partition coefficient (Wildman–Crippen LogP) is 0.914. The van der Waals surface area contributed by atoms with Crippen LogP contribution in [0.4, 0.5) is 0 Å². The number of piperidine rings is 1. The summed E-state index contributed by atoms with van der Waals surface area (Å²) in [7, 11) is 0. The molecule has 2 rings (SSSR count). The second kappa shape index (κ2) is 4.72. The number of carbonyl (C=O) groups excluding carboxylic acids is 1. The Balaban J connectivity index is 1.99. The van der Waals surface area contributed by atoms with Crippen molar-refractivity contribution in [2.45, 2.75) is 44.6 Å². The largest absolute Gasteiger partial charge is 0.409 e. The molecule has 0 aromatic rings. The van der Waals surface area contributed by atoms with E-state index in [1.807, 2.05) is 0 Å². The van der Waals surface area contributed by atoms with Crippen molar-refractivity contribution < 1.29 is 10.0 Å². The van der Waals surface area contributed by atoms with Gasteiger partial charge in [0.25, 0.3) is 0 Å². The lowest BCUT2D eigenvalue weighted by atomic mass is 10.0. The van der Waals surface area contributed by atoms with E-state index in [1.54, 1.807) is 4.90 Å². The zero-order chi connectivity index (χ0) is 11.5. The summed E-state index contributed by atoms with van der Waals surface area (Å²) in [6, 6.07) is -0.190. The molecule has 5 nitrogen and oxygen atoms in total. The summed E-state index contributed by atoms with van der Waals surface area (Å²) in [6.07, 6.45) is 5.85. The summed E-state index contributed by atoms with van der Waals surface area (Å²) in [5.74, 6) is 0.921. The van der Waals surface area contributed by atoms with Gasteiger partial charge in [-0.2, -0.15) is 0 Å². The Labute approximate surface area is 95.3 Å². The van der Waals surface area contributed by atoms with Crippen molar-refractivity contribution in [3.05, 3.63) is 0 Å². The Bertz CT molecular complexity index is 300. The van der Waals surface area contributed by atoms with Gasteiger partial charge >= 0.3 is 0 Å². The molecule has 1 amide bonds. The highest BCUT2D eigenvalue weighted by Gasteiger charge is 2.33. The van der Waals surface area contributed by atoms with E-state index in [-0.39, 0.29) is 17.8 Å². The van der Waals surface area contributed by atoms with E-state index in [4.69, 9.17) is 10.9 Å². The number of hydrogen-bond acceptors (Lipinski definition) is 3. The minimum absolute atomic E-state index is 0.166. The molecular weight excluding hydrogens is 206 g/mol. The van der Waals surface area contributed by atoms with Gasteiger partial charge in [-0.15, -0.1) is 0 Å². The normalized spacial score (nSPS) is 26.9. The third-order valence-electron chi connectivity index (χ3n) is 3.44. The second-order valence-electron chi connectivity index (χ2n) is 4.77. The molecule has 0 bridgehead atoms. The highest BCUT2D eigenvalue weighted by atomic mass is 16.4. The molecule has 0 aromatic heterocycles. The van der Waals surface area contributed by atoms with Crippen LogP contribution in [0.25, 0.3) is 0 Å². The Kier molecular flexibility index (Phi) is 3.31. The lowest BCUT2D eigenvalue weighted by molar-refractivity contribution is -0.133. The number of likely N-dealkylation sites (tertiary alicyclic amines) is 1. The molecule has 0 spiro atoms. The lowest BCUT2D eigenvalue weighted by Gasteiger charge is -2.34. The molecule has 0 aromatic carbocycles. The Morgan fingerprint density at radius 2 is 2.12 bits per heavy atom. The Morgan fingerprint density at radius 3 is 2.75 bits per heavy atom. The summed E-state index contributed by atoms with van der Waals surface area (Å²) in [5, 5.41) is 11.7. The van der Waals surface area contributed by atoms with Crippen LogP contribution in [0.5, 0.6) is 0 Å². The van der Waals surface area contributed by atoms with E-state index in [0.717, 1.165) is 25.8 Å². The third kappa shape index (κ3) is 2.46. The summed E-state index contributed by atoms with van der Waals surface area (Å²) < 4.78 is 0. The first-order valence-corrected chi connectivity index (χ1v) is 5.99. The first-order valence-electron chi connectivity index (χ1n) is 5.99. The van der Waals surface area contributed by atoms with Crippen LogP contribution in [0, 0.1) is 5.92 Å². The predicted molar refractivity (Wildman–Crippen MR) is 60.1 cm³/mol. The average molecular weight is 225 g/mol. The van der Waals surface area contributed by atoms with Gasteiger partial charge in [0.1, 0.15) is 0 Å². The quantitative estimate of drug-likeness (QED) is 0.324. The lowest BCUT2D eigenvalue weighted by Crippen LogP contribution is -2.50. The number of rotatable bonds is 3. The van der Waals surface area contributed by atoms with Crippen molar-refractivity contribution in [2.24, 2.45) is 16.8 Å². The Morgan fingerprint density at radius 1 is 1.38 bits per heavy atom. The number of oxime groups is 1. The third-order valence-corrected chi connectivity index (χ3v) is 3.44. The number of hydrogen-bond donors (Lipinski definition) is 2. The van der Waals surface area contributed by atoms with Crippen LogP contribution >= 0.6 is 0 Å². The van der Waals surface area contributed by atoms with Crippen LogP contribution in [-0.2, 0) is 4.79 Å². The molecule has 90 valence electrons. The van der Waals surface area contributed by atoms with Crippen LogP contribution in [0.3, 0.4) is 0 Å². The van der Waals surface area contributed by atoms with E-state index in [2.05, 4.69) is 5.16 Å². The molecule has 1 unspecified atom stereocenters. The second-order valence-corrected chi connectivity index (χ2v) is 4.77. The van der Waals surface area contributed by atoms with E-state index >= 15 is 0 Å². The zero-order valence-electron chi connectivity index (χ0n) is 9.43. The summed E-state index contributed by atoms with van der Waals surface area (Å²) in [6.45, 7) is 0.742. The van der Waals surface area contributed by atoms with E-state index in [1.165, 1.54) is 12.8 Å². The zero-order valence-corrected chi connectivity index (χ0v) is 9.43. The van der Waals surface area contributed by atoms with Crippen molar-refractivity contribution >= 4 is 11.7 Å². The molecule has 1 saturated heterocycles. The van der Waals surface area contributed by atoms with Crippen molar-refractivity contribution in [2.75, 3.05) is 6.54 Å². The molecule has 2 fully saturated rings. The molecule has 0 radical (unpaired) electrons. The standard InChI is InChI=1S/C11H19N3O2/c12-11(13-16)9-3-1-2-6-14(9)10(15)7-8-4-5-8/h8-9,16H,1-7H2,(H2,12,13). The smallest absolute Gasteiger partial charge is 0.223 e. The molecular formula is C11H19N3O2. The number of nitrogens with zero attached hydrogens (tertiary/aromatic N) is 2. The number of amides is 1. The fourth-order valence-corrected chi connectivity index (χ4v) is 2.29. The first-order chi connectivity index (χ1) is 7.72. The molecule has 16 heavy (non-hydrogen) atoms. The van der Waals surface area contributed by atoms with E-state index in [0.29, 0.717) is 12.3 Å². The number of amidine groups is 1. The van der Waals surface area contributed by atoms with Crippen LogP contribution < -0.4 is 5.73 Å². The van der Waals surface area contributed by atoms with E-state index in [9.17, 15) is 4.79 Å². The molecule has 1 atom stereocenters. The summed E-state index contributed by atoms with van der Waals surface area (Å²) >= 11 is 0. The molecule has 5 heteroatoms. The monoisotopic (exact) mass is 225 g/mol. The van der Waals surface area contributed by atoms with Gasteiger partial charge in [-0.3, -0.25) is 4.79 Å². The van der Waals surface area contributed by atoms with Crippen LogP contribution in [0.15, 0.2) is 5.16 Å². The summed E-state index contributed by atoms with van der Waals surface area (Å²) in [5.41, 5.74) is 5.63. The van der Waals surface area contributed by atoms with Crippen LogP contribution in [-0.4, -0.2) is 34.4 Å². The van der Waals surface area contributed by atoms with Gasteiger partial charge in [-0.25, -0.2) is 0 Å². The van der Waals surface area contributed by atoms with Crippen molar-refractivity contribution in [1.29, 1.82) is 0 Å². The molecule has 1 heterocycles. The van der Waals surface area contributed by atoms with Gasteiger partial charge in [-0.05, 0) is 38.0 Å². The molecule has 3 N–H and O–H groups in total. The average Bonchev–Trinajstić information content (AvgIpc) is 3.12. The van der Waals surface area contributed by atoms with Crippen molar-refractivity contribution in [3.8, 4) is 0 Å². The van der Waals surface area contributed by atoms with E-state index < -0.39 is 0 Å². The minimum Gasteiger partial charge on any atom is -0.409 e. The summed E-state index contributed by atoms with van der Waals surface area (Å²) in [4.78, 5) is 13.8. The van der Waals surface area contributed by atoms with Gasteiger partial charge in [0.15, 0.2) is 5.84 Å². The van der Waals surface area contributed by atoms with Gasteiger partial charge in [0.05, 0.1) is 6.04 Å². The van der Waals surface area contributed by atoms with Gasteiger partial charge in [0, 0.05) is 13.0 Å². The van der Waals surface area contributed by atoms with Gasteiger partial charge < -0.3 is 15.8 Å². The maximum absolute atomic E-state index is 12.0. The van der Waals surface area contributed by atoms with Crippen molar-refractivity contribution in [3.63, 3.8) is 0 Å².